The molecule has 1 rings (SSSR count). The van der Waals surface area contributed by atoms with Crippen LogP contribution in [0.15, 0.2) is 29.3 Å². The third-order valence-corrected chi connectivity index (χ3v) is 3.29. The van der Waals surface area contributed by atoms with Gasteiger partial charge in [-0.15, -0.1) is 0 Å². The summed E-state index contributed by atoms with van der Waals surface area (Å²) in [5, 5.41) is 9.19. The van der Waals surface area contributed by atoms with Crippen molar-refractivity contribution in [2.45, 2.75) is 33.6 Å². The molecule has 0 fully saturated rings. The van der Waals surface area contributed by atoms with E-state index in [-0.39, 0.29) is 12.5 Å². The minimum absolute atomic E-state index is 0.0635. The van der Waals surface area contributed by atoms with E-state index in [9.17, 15) is 4.79 Å². The molecule has 1 atom stereocenters. The minimum atomic E-state index is -0.0635. The maximum Gasteiger partial charge on any atom is 0.241 e. The fourth-order valence-corrected chi connectivity index (χ4v) is 2.09. The van der Waals surface area contributed by atoms with Gasteiger partial charge in [0, 0.05) is 19.6 Å². The molecule has 5 nitrogen and oxygen atoms in total. The number of aryl methyl sites for hydroxylation is 1. The van der Waals surface area contributed by atoms with Crippen LogP contribution in [0.4, 0.5) is 0 Å². The molecule has 22 heavy (non-hydrogen) atoms. The summed E-state index contributed by atoms with van der Waals surface area (Å²) in [5.41, 5.74) is 2.56. The first-order chi connectivity index (χ1) is 10.6. The number of aliphatic imine (C=N–C) groups is 1. The number of hydrogen-bond acceptors (Lipinski definition) is 2. The number of hydrogen-bond donors (Lipinski definition) is 3. The van der Waals surface area contributed by atoms with Crippen LogP contribution >= 0.6 is 0 Å². The van der Waals surface area contributed by atoms with Crippen LogP contribution in [0.5, 0.6) is 0 Å². The number of benzene rings is 1. The van der Waals surface area contributed by atoms with Crippen molar-refractivity contribution in [1.29, 1.82) is 0 Å². The highest BCUT2D eigenvalue weighted by Crippen LogP contribution is 2.15. The van der Waals surface area contributed by atoms with Gasteiger partial charge < -0.3 is 16.0 Å². The van der Waals surface area contributed by atoms with Gasteiger partial charge in [0.05, 0.1) is 0 Å². The first kappa shape index (κ1) is 18.0. The number of rotatable bonds is 7. The Balaban J connectivity index is 2.56. The third kappa shape index (κ3) is 6.61. The summed E-state index contributed by atoms with van der Waals surface area (Å²) in [4.78, 5) is 15.8. The van der Waals surface area contributed by atoms with Crippen molar-refractivity contribution >= 4 is 11.9 Å². The molecule has 0 aliphatic rings. The number of carbonyl (C=O) groups is 1. The van der Waals surface area contributed by atoms with Gasteiger partial charge in [-0.05, 0) is 32.3 Å². The number of carbonyl (C=O) groups excluding carboxylic acids is 1. The van der Waals surface area contributed by atoms with Crippen LogP contribution in [0.3, 0.4) is 0 Å². The Kier molecular flexibility index (Phi) is 8.04. The van der Waals surface area contributed by atoms with Gasteiger partial charge in [0.25, 0.3) is 0 Å². The van der Waals surface area contributed by atoms with E-state index in [1.54, 1.807) is 0 Å². The number of amides is 1. The SMILES string of the molecule is CCNC(=O)CN=C(NCC)NCC(C)c1cccc(C)c1. The molecule has 0 aliphatic heterocycles. The van der Waals surface area contributed by atoms with E-state index in [1.165, 1.54) is 11.1 Å². The number of nitrogens with one attached hydrogen (secondary N) is 3. The van der Waals surface area contributed by atoms with Crippen LogP contribution in [-0.4, -0.2) is 38.0 Å². The Morgan fingerprint density at radius 1 is 1.18 bits per heavy atom. The molecule has 1 aromatic rings. The zero-order chi connectivity index (χ0) is 16.4. The third-order valence-electron chi connectivity index (χ3n) is 3.29. The van der Waals surface area contributed by atoms with Crippen molar-refractivity contribution in [3.8, 4) is 0 Å². The number of guanidine groups is 1. The van der Waals surface area contributed by atoms with Crippen molar-refractivity contribution in [3.63, 3.8) is 0 Å². The topological polar surface area (TPSA) is 65.5 Å². The predicted molar refractivity (Wildman–Crippen MR) is 92.3 cm³/mol. The monoisotopic (exact) mass is 304 g/mol. The van der Waals surface area contributed by atoms with E-state index < -0.39 is 0 Å². The Morgan fingerprint density at radius 3 is 2.55 bits per heavy atom. The highest BCUT2D eigenvalue weighted by molar-refractivity contribution is 5.84. The molecule has 0 heterocycles. The number of likely N-dealkylation sites (N-methyl/N-ethyl adjacent to an activating group) is 1. The van der Waals surface area contributed by atoms with Gasteiger partial charge in [-0.1, -0.05) is 36.8 Å². The molecule has 0 aromatic heterocycles. The Bertz CT molecular complexity index is 499. The molecular weight excluding hydrogens is 276 g/mol. The average molecular weight is 304 g/mol. The lowest BCUT2D eigenvalue weighted by molar-refractivity contribution is -0.119. The maximum absolute atomic E-state index is 11.5. The normalized spacial score (nSPS) is 12.6. The lowest BCUT2D eigenvalue weighted by Crippen LogP contribution is -2.40. The van der Waals surface area contributed by atoms with Crippen LogP contribution in [0.25, 0.3) is 0 Å². The second-order valence-corrected chi connectivity index (χ2v) is 5.34. The molecule has 1 amide bonds. The summed E-state index contributed by atoms with van der Waals surface area (Å²) in [6.45, 7) is 10.5. The standard InChI is InChI=1S/C17H28N4O/c1-5-18-16(22)12-21-17(19-6-2)20-11-14(4)15-9-7-8-13(3)10-15/h7-10,14H,5-6,11-12H2,1-4H3,(H,18,22)(H2,19,20,21). The molecule has 0 radical (unpaired) electrons. The molecule has 0 aliphatic carbocycles. The van der Waals surface area contributed by atoms with Crippen molar-refractivity contribution in [3.05, 3.63) is 35.4 Å². The summed E-state index contributed by atoms with van der Waals surface area (Å²) in [6, 6.07) is 8.51. The molecule has 3 N–H and O–H groups in total. The van der Waals surface area contributed by atoms with E-state index in [4.69, 9.17) is 0 Å². The summed E-state index contributed by atoms with van der Waals surface area (Å²) >= 11 is 0. The van der Waals surface area contributed by atoms with Gasteiger partial charge in [0.15, 0.2) is 5.96 Å². The van der Waals surface area contributed by atoms with Gasteiger partial charge >= 0.3 is 0 Å². The zero-order valence-corrected chi connectivity index (χ0v) is 14.1. The molecule has 0 bridgehead atoms. The predicted octanol–water partition coefficient (Wildman–Crippen LogP) is 1.79. The van der Waals surface area contributed by atoms with Crippen molar-refractivity contribution in [2.75, 3.05) is 26.2 Å². The average Bonchev–Trinajstić information content (AvgIpc) is 2.50. The Morgan fingerprint density at radius 2 is 1.91 bits per heavy atom. The first-order valence-corrected chi connectivity index (χ1v) is 7.92. The van der Waals surface area contributed by atoms with E-state index in [2.05, 4.69) is 59.1 Å². The first-order valence-electron chi connectivity index (χ1n) is 7.92. The van der Waals surface area contributed by atoms with Crippen molar-refractivity contribution in [2.24, 2.45) is 4.99 Å². The Labute approximate surface area is 133 Å². The van der Waals surface area contributed by atoms with Crippen LogP contribution < -0.4 is 16.0 Å². The van der Waals surface area contributed by atoms with Gasteiger partial charge in [0.1, 0.15) is 6.54 Å². The van der Waals surface area contributed by atoms with Crippen LogP contribution in [0.2, 0.25) is 0 Å². The van der Waals surface area contributed by atoms with Crippen molar-refractivity contribution < 1.29 is 4.79 Å². The lowest BCUT2D eigenvalue weighted by Gasteiger charge is -2.16. The van der Waals surface area contributed by atoms with E-state index in [1.807, 2.05) is 13.8 Å². The van der Waals surface area contributed by atoms with Crippen LogP contribution in [-0.2, 0) is 4.79 Å². The van der Waals surface area contributed by atoms with Gasteiger partial charge in [-0.3, -0.25) is 4.79 Å². The Hall–Kier alpha value is -2.04. The molecule has 0 spiro atoms. The highest BCUT2D eigenvalue weighted by Gasteiger charge is 2.07. The minimum Gasteiger partial charge on any atom is -0.357 e. The molecule has 1 aromatic carbocycles. The molecular formula is C17H28N4O. The van der Waals surface area contributed by atoms with Crippen molar-refractivity contribution in [1.82, 2.24) is 16.0 Å². The van der Waals surface area contributed by atoms with Crippen LogP contribution in [0, 0.1) is 6.92 Å². The molecule has 5 heteroatoms. The fraction of sp³-hybridized carbons (Fsp3) is 0.529. The highest BCUT2D eigenvalue weighted by atomic mass is 16.1. The maximum atomic E-state index is 11.5. The van der Waals surface area contributed by atoms with E-state index in [0.29, 0.717) is 18.4 Å². The van der Waals surface area contributed by atoms with Crippen LogP contribution in [0.1, 0.15) is 37.8 Å². The van der Waals surface area contributed by atoms with E-state index in [0.717, 1.165) is 13.1 Å². The summed E-state index contributed by atoms with van der Waals surface area (Å²) in [7, 11) is 0. The fourth-order valence-electron chi connectivity index (χ4n) is 2.09. The smallest absolute Gasteiger partial charge is 0.241 e. The second kappa shape index (κ2) is 9.82. The zero-order valence-electron chi connectivity index (χ0n) is 14.1. The molecule has 122 valence electrons. The number of nitrogens with zero attached hydrogens (tertiary/aromatic N) is 1. The largest absolute Gasteiger partial charge is 0.357 e. The quantitative estimate of drug-likeness (QED) is 0.531. The van der Waals surface area contributed by atoms with E-state index >= 15 is 0 Å². The van der Waals surface area contributed by atoms with Gasteiger partial charge in [0.2, 0.25) is 5.91 Å². The second-order valence-electron chi connectivity index (χ2n) is 5.34. The van der Waals surface area contributed by atoms with Gasteiger partial charge in [-0.25, -0.2) is 4.99 Å². The molecule has 1 unspecified atom stereocenters. The summed E-state index contributed by atoms with van der Waals surface area (Å²) in [5.74, 6) is 0.980. The summed E-state index contributed by atoms with van der Waals surface area (Å²) < 4.78 is 0. The molecule has 0 saturated carbocycles. The lowest BCUT2D eigenvalue weighted by atomic mass is 9.99. The van der Waals surface area contributed by atoms with Gasteiger partial charge in [-0.2, -0.15) is 0 Å². The summed E-state index contributed by atoms with van der Waals surface area (Å²) in [6.07, 6.45) is 0. The molecule has 0 saturated heterocycles.